The summed E-state index contributed by atoms with van der Waals surface area (Å²) in [5.41, 5.74) is 3.47. The lowest BCUT2D eigenvalue weighted by Gasteiger charge is -2.24. The molecule has 1 aliphatic heterocycles. The van der Waals surface area contributed by atoms with Crippen LogP contribution in [0, 0.1) is 0 Å². The van der Waals surface area contributed by atoms with Gasteiger partial charge in [-0.15, -0.1) is 0 Å². The lowest BCUT2D eigenvalue weighted by atomic mass is 10.2. The summed E-state index contributed by atoms with van der Waals surface area (Å²) in [4.78, 5) is 13.9. The molecule has 1 N–H and O–H groups in total. The van der Waals surface area contributed by atoms with E-state index in [0.29, 0.717) is 6.54 Å². The Labute approximate surface area is 123 Å². The van der Waals surface area contributed by atoms with Gasteiger partial charge in [-0.3, -0.25) is 9.69 Å². The van der Waals surface area contributed by atoms with Gasteiger partial charge in [0.1, 0.15) is 5.75 Å². The first kappa shape index (κ1) is 14.9. The van der Waals surface area contributed by atoms with Crippen molar-refractivity contribution in [2.45, 2.75) is 0 Å². The van der Waals surface area contributed by atoms with Crippen LogP contribution in [0.3, 0.4) is 0 Å². The number of thioether (sulfide) groups is 1. The predicted molar refractivity (Wildman–Crippen MR) is 82.5 cm³/mol. The Balaban J connectivity index is 1.75. The Morgan fingerprint density at radius 2 is 2.10 bits per heavy atom. The van der Waals surface area contributed by atoms with Crippen molar-refractivity contribution >= 4 is 23.9 Å². The number of methoxy groups -OCH3 is 1. The van der Waals surface area contributed by atoms with Crippen molar-refractivity contribution in [3.8, 4) is 5.75 Å². The second-order valence-electron chi connectivity index (χ2n) is 4.45. The van der Waals surface area contributed by atoms with E-state index in [0.717, 1.165) is 35.9 Å². The van der Waals surface area contributed by atoms with Gasteiger partial charge in [0.2, 0.25) is 0 Å². The second-order valence-corrected chi connectivity index (χ2v) is 5.68. The van der Waals surface area contributed by atoms with Crippen LogP contribution >= 0.6 is 11.8 Å². The lowest BCUT2D eigenvalue weighted by molar-refractivity contribution is -0.122. The smallest absolute Gasteiger partial charge is 0.254 e. The van der Waals surface area contributed by atoms with E-state index < -0.39 is 0 Å². The molecule has 1 fully saturated rings. The van der Waals surface area contributed by atoms with Gasteiger partial charge in [-0.05, 0) is 29.8 Å². The average Bonchev–Trinajstić information content (AvgIpc) is 2.49. The van der Waals surface area contributed by atoms with Crippen LogP contribution in [0.5, 0.6) is 5.75 Å². The Kier molecular flexibility index (Phi) is 5.88. The van der Waals surface area contributed by atoms with E-state index in [2.05, 4.69) is 15.4 Å². The lowest BCUT2D eigenvalue weighted by Crippen LogP contribution is -2.40. The summed E-state index contributed by atoms with van der Waals surface area (Å²) in [6.07, 6.45) is 1.63. The number of benzene rings is 1. The minimum absolute atomic E-state index is 0.0679. The molecule has 6 heteroatoms. The first-order valence-electron chi connectivity index (χ1n) is 6.54. The summed E-state index contributed by atoms with van der Waals surface area (Å²) in [5.74, 6) is 2.93. The molecule has 1 saturated heterocycles. The number of carbonyl (C=O) groups excluding carboxylic acids is 1. The van der Waals surface area contributed by atoms with Crippen LogP contribution in [0.2, 0.25) is 0 Å². The molecule has 1 aromatic carbocycles. The molecule has 1 aromatic rings. The largest absolute Gasteiger partial charge is 0.497 e. The molecular weight excluding hydrogens is 274 g/mol. The molecule has 1 amide bonds. The third kappa shape index (κ3) is 4.86. The van der Waals surface area contributed by atoms with Crippen molar-refractivity contribution < 1.29 is 9.53 Å². The highest BCUT2D eigenvalue weighted by molar-refractivity contribution is 7.99. The minimum Gasteiger partial charge on any atom is -0.497 e. The molecule has 1 heterocycles. The van der Waals surface area contributed by atoms with Gasteiger partial charge in [0.15, 0.2) is 0 Å². The molecule has 0 atom stereocenters. The topological polar surface area (TPSA) is 53.9 Å². The van der Waals surface area contributed by atoms with Gasteiger partial charge in [-0.2, -0.15) is 16.9 Å². The average molecular weight is 293 g/mol. The maximum atomic E-state index is 11.7. The van der Waals surface area contributed by atoms with E-state index in [1.807, 2.05) is 36.0 Å². The SMILES string of the molecule is COc1ccc(C=NNC(=O)CN2CCSCC2)cc1. The predicted octanol–water partition coefficient (Wildman–Crippen LogP) is 1.19. The molecular formula is C14H19N3O2S. The van der Waals surface area contributed by atoms with Crippen LogP contribution in [0.4, 0.5) is 0 Å². The van der Waals surface area contributed by atoms with Gasteiger partial charge in [0.25, 0.3) is 5.91 Å². The molecule has 0 aliphatic carbocycles. The maximum absolute atomic E-state index is 11.7. The van der Waals surface area contributed by atoms with Gasteiger partial charge in [-0.25, -0.2) is 5.43 Å². The Morgan fingerprint density at radius 3 is 2.75 bits per heavy atom. The minimum atomic E-state index is -0.0679. The summed E-state index contributed by atoms with van der Waals surface area (Å²) in [6.45, 7) is 2.36. The van der Waals surface area contributed by atoms with E-state index in [9.17, 15) is 4.79 Å². The number of hydrogen-bond donors (Lipinski definition) is 1. The molecule has 0 aromatic heterocycles. The Morgan fingerprint density at radius 1 is 1.40 bits per heavy atom. The zero-order valence-electron chi connectivity index (χ0n) is 11.5. The molecule has 108 valence electrons. The normalized spacial score (nSPS) is 16.2. The highest BCUT2D eigenvalue weighted by Crippen LogP contribution is 2.10. The molecule has 5 nitrogen and oxygen atoms in total. The molecule has 2 rings (SSSR count). The summed E-state index contributed by atoms with van der Waals surface area (Å²) in [7, 11) is 1.63. The third-order valence-corrected chi connectivity index (χ3v) is 3.93. The maximum Gasteiger partial charge on any atom is 0.254 e. The molecule has 0 unspecified atom stereocenters. The van der Waals surface area contributed by atoms with Crippen LogP contribution in [-0.2, 0) is 4.79 Å². The highest BCUT2D eigenvalue weighted by atomic mass is 32.2. The van der Waals surface area contributed by atoms with Crippen molar-refractivity contribution in [3.63, 3.8) is 0 Å². The number of nitrogens with zero attached hydrogens (tertiary/aromatic N) is 2. The molecule has 1 aliphatic rings. The Bertz CT molecular complexity index is 456. The zero-order valence-corrected chi connectivity index (χ0v) is 12.4. The van der Waals surface area contributed by atoms with E-state index in [-0.39, 0.29) is 5.91 Å². The summed E-state index contributed by atoms with van der Waals surface area (Å²) >= 11 is 1.93. The van der Waals surface area contributed by atoms with E-state index in [1.54, 1.807) is 13.3 Å². The zero-order chi connectivity index (χ0) is 14.2. The number of rotatable bonds is 5. The monoisotopic (exact) mass is 293 g/mol. The molecule has 0 saturated carbocycles. The number of hydrogen-bond acceptors (Lipinski definition) is 5. The number of ether oxygens (including phenoxy) is 1. The van der Waals surface area contributed by atoms with Gasteiger partial charge in [-0.1, -0.05) is 0 Å². The van der Waals surface area contributed by atoms with Crippen LogP contribution in [-0.4, -0.2) is 55.3 Å². The van der Waals surface area contributed by atoms with Crippen LogP contribution in [0.1, 0.15) is 5.56 Å². The fraction of sp³-hybridized carbons (Fsp3) is 0.429. The van der Waals surface area contributed by atoms with Gasteiger partial charge in [0.05, 0.1) is 19.9 Å². The van der Waals surface area contributed by atoms with Crippen molar-refractivity contribution in [1.29, 1.82) is 0 Å². The van der Waals surface area contributed by atoms with Crippen molar-refractivity contribution in [2.24, 2.45) is 5.10 Å². The molecule has 0 bridgehead atoms. The third-order valence-electron chi connectivity index (χ3n) is 2.99. The summed E-state index contributed by atoms with van der Waals surface area (Å²) < 4.78 is 5.07. The number of nitrogens with one attached hydrogen (secondary N) is 1. The number of hydrazone groups is 1. The van der Waals surface area contributed by atoms with Crippen molar-refractivity contribution in [3.05, 3.63) is 29.8 Å². The fourth-order valence-corrected chi connectivity index (χ4v) is 2.85. The Hall–Kier alpha value is -1.53. The van der Waals surface area contributed by atoms with E-state index in [4.69, 9.17) is 4.74 Å². The van der Waals surface area contributed by atoms with Crippen LogP contribution in [0.25, 0.3) is 0 Å². The standard InChI is InChI=1S/C14H19N3O2S/c1-19-13-4-2-12(3-5-13)10-15-16-14(18)11-17-6-8-20-9-7-17/h2-5,10H,6-9,11H2,1H3,(H,16,18). The van der Waals surface area contributed by atoms with Crippen molar-refractivity contribution in [1.82, 2.24) is 10.3 Å². The fourth-order valence-electron chi connectivity index (χ4n) is 1.87. The first-order valence-corrected chi connectivity index (χ1v) is 7.69. The van der Waals surface area contributed by atoms with Crippen molar-refractivity contribution in [2.75, 3.05) is 38.2 Å². The number of carbonyl (C=O) groups is 1. The second kappa shape index (κ2) is 7.91. The van der Waals surface area contributed by atoms with E-state index in [1.165, 1.54) is 0 Å². The summed E-state index contributed by atoms with van der Waals surface area (Å²) in [6, 6.07) is 7.48. The summed E-state index contributed by atoms with van der Waals surface area (Å²) in [5, 5.41) is 3.97. The molecule has 0 spiro atoms. The highest BCUT2D eigenvalue weighted by Gasteiger charge is 2.13. The quantitative estimate of drug-likeness (QED) is 0.654. The molecule has 0 radical (unpaired) electrons. The van der Waals surface area contributed by atoms with Crippen LogP contribution < -0.4 is 10.2 Å². The number of amides is 1. The van der Waals surface area contributed by atoms with Gasteiger partial charge < -0.3 is 4.74 Å². The van der Waals surface area contributed by atoms with Gasteiger partial charge in [0, 0.05) is 24.6 Å². The van der Waals surface area contributed by atoms with E-state index >= 15 is 0 Å². The first-order chi connectivity index (χ1) is 9.78. The molecule has 20 heavy (non-hydrogen) atoms. The van der Waals surface area contributed by atoms with Crippen LogP contribution in [0.15, 0.2) is 29.4 Å². The van der Waals surface area contributed by atoms with Gasteiger partial charge >= 0.3 is 0 Å².